The number of aromatic amines is 2. The molecule has 10 heteroatoms. The SMILES string of the molecule is O=C(c1cn[nH]c1)N1CCN(c2nc3c4ccc(F)cc4c4c(=O)[nH]ccc4c3s2)CC1. The van der Waals surface area contributed by atoms with E-state index in [-0.39, 0.29) is 11.5 Å². The van der Waals surface area contributed by atoms with Gasteiger partial charge in [0.15, 0.2) is 5.13 Å². The zero-order valence-corrected chi connectivity index (χ0v) is 17.6. The highest BCUT2D eigenvalue weighted by atomic mass is 32.1. The number of carbonyl (C=O) groups is 1. The summed E-state index contributed by atoms with van der Waals surface area (Å²) in [5.74, 6) is -0.434. The molecule has 0 spiro atoms. The number of thiazole rings is 1. The molecular formula is C22H17FN6O2S. The van der Waals surface area contributed by atoms with E-state index in [1.165, 1.54) is 29.7 Å². The molecule has 0 bridgehead atoms. The van der Waals surface area contributed by atoms with Gasteiger partial charge >= 0.3 is 0 Å². The van der Waals surface area contributed by atoms with Crippen molar-refractivity contribution in [2.75, 3.05) is 31.1 Å². The number of nitrogens with zero attached hydrogens (tertiary/aromatic N) is 4. The summed E-state index contributed by atoms with van der Waals surface area (Å²) in [4.78, 5) is 36.7. The molecule has 0 radical (unpaired) electrons. The molecule has 0 saturated carbocycles. The number of nitrogens with one attached hydrogen (secondary N) is 2. The van der Waals surface area contributed by atoms with Crippen LogP contribution in [0.25, 0.3) is 31.8 Å². The van der Waals surface area contributed by atoms with Crippen LogP contribution in [0.5, 0.6) is 0 Å². The lowest BCUT2D eigenvalue weighted by molar-refractivity contribution is 0.0747. The Morgan fingerprint density at radius 1 is 1.09 bits per heavy atom. The van der Waals surface area contributed by atoms with Gasteiger partial charge in [-0.15, -0.1) is 0 Å². The summed E-state index contributed by atoms with van der Waals surface area (Å²) in [6, 6.07) is 6.31. The minimum Gasteiger partial charge on any atom is -0.345 e. The van der Waals surface area contributed by atoms with Gasteiger partial charge in [-0.25, -0.2) is 9.37 Å². The van der Waals surface area contributed by atoms with E-state index < -0.39 is 5.82 Å². The Kier molecular flexibility index (Phi) is 4.22. The number of hydrogen-bond acceptors (Lipinski definition) is 6. The van der Waals surface area contributed by atoms with Gasteiger partial charge in [0.2, 0.25) is 0 Å². The molecular weight excluding hydrogens is 431 g/mol. The number of hydrogen-bond donors (Lipinski definition) is 2. The summed E-state index contributed by atoms with van der Waals surface area (Å²) in [5.41, 5.74) is 1.06. The van der Waals surface area contributed by atoms with Gasteiger partial charge < -0.3 is 14.8 Å². The number of halogens is 1. The summed E-state index contributed by atoms with van der Waals surface area (Å²) < 4.78 is 14.9. The molecule has 0 atom stereocenters. The van der Waals surface area contributed by atoms with Gasteiger partial charge in [-0.3, -0.25) is 14.7 Å². The number of carbonyl (C=O) groups excluding carboxylic acids is 1. The summed E-state index contributed by atoms with van der Waals surface area (Å²) in [5, 5.41) is 9.89. The van der Waals surface area contributed by atoms with Crippen molar-refractivity contribution in [3.63, 3.8) is 0 Å². The lowest BCUT2D eigenvalue weighted by Gasteiger charge is -2.34. The molecule has 1 saturated heterocycles. The summed E-state index contributed by atoms with van der Waals surface area (Å²) in [6.45, 7) is 2.45. The van der Waals surface area contributed by atoms with E-state index in [0.29, 0.717) is 42.5 Å². The number of amides is 1. The predicted molar refractivity (Wildman–Crippen MR) is 122 cm³/mol. The fraction of sp³-hybridized carbons (Fsp3) is 0.182. The number of piperazine rings is 1. The fourth-order valence-electron chi connectivity index (χ4n) is 4.33. The predicted octanol–water partition coefficient (Wildman–Crippen LogP) is 3.12. The first-order chi connectivity index (χ1) is 15.6. The maximum Gasteiger partial charge on any atom is 0.257 e. The molecule has 2 aromatic carbocycles. The molecule has 160 valence electrons. The largest absolute Gasteiger partial charge is 0.345 e. The Morgan fingerprint density at radius 3 is 2.72 bits per heavy atom. The second kappa shape index (κ2) is 7.13. The van der Waals surface area contributed by atoms with E-state index in [4.69, 9.17) is 4.98 Å². The molecule has 0 aliphatic carbocycles. The van der Waals surface area contributed by atoms with E-state index in [1.807, 2.05) is 11.0 Å². The quantitative estimate of drug-likeness (QED) is 0.405. The first kappa shape index (κ1) is 18.9. The van der Waals surface area contributed by atoms with Crippen molar-refractivity contribution in [3.05, 3.63) is 64.6 Å². The second-order valence-electron chi connectivity index (χ2n) is 7.73. The standard InChI is InChI=1S/C22H17FN6O2S/c23-13-1-2-14-16(9-13)17-15(3-4-24-20(17)30)19-18(14)27-22(32-19)29-7-5-28(6-8-29)21(31)12-10-25-26-11-12/h1-4,9-11H,5-8H2,(H,24,30)(H,25,26). The number of aromatic nitrogens is 4. The Balaban J connectivity index is 1.41. The molecule has 6 rings (SSSR count). The van der Waals surface area contributed by atoms with Crippen molar-refractivity contribution in [2.45, 2.75) is 0 Å². The van der Waals surface area contributed by atoms with Crippen LogP contribution in [0.4, 0.5) is 9.52 Å². The third-order valence-electron chi connectivity index (χ3n) is 5.91. The van der Waals surface area contributed by atoms with Crippen molar-refractivity contribution in [3.8, 4) is 0 Å². The fourth-order valence-corrected chi connectivity index (χ4v) is 5.49. The highest BCUT2D eigenvalue weighted by molar-refractivity contribution is 7.23. The minimum absolute atomic E-state index is 0.0408. The van der Waals surface area contributed by atoms with Crippen LogP contribution in [0.1, 0.15) is 10.4 Å². The van der Waals surface area contributed by atoms with Crippen LogP contribution in [0, 0.1) is 5.82 Å². The maximum atomic E-state index is 14.0. The van der Waals surface area contributed by atoms with Gasteiger partial charge in [0.05, 0.1) is 27.4 Å². The van der Waals surface area contributed by atoms with Gasteiger partial charge in [0.1, 0.15) is 5.82 Å². The lowest BCUT2D eigenvalue weighted by atomic mass is 10.0. The molecule has 1 fully saturated rings. The minimum atomic E-state index is -0.393. The van der Waals surface area contributed by atoms with E-state index >= 15 is 0 Å². The van der Waals surface area contributed by atoms with Crippen LogP contribution >= 0.6 is 11.3 Å². The third kappa shape index (κ3) is 2.87. The van der Waals surface area contributed by atoms with Gasteiger partial charge in [0, 0.05) is 54.7 Å². The van der Waals surface area contributed by atoms with Crippen LogP contribution in [-0.2, 0) is 0 Å². The van der Waals surface area contributed by atoms with E-state index in [2.05, 4.69) is 20.1 Å². The van der Waals surface area contributed by atoms with E-state index in [0.717, 1.165) is 26.1 Å². The van der Waals surface area contributed by atoms with Crippen LogP contribution < -0.4 is 10.5 Å². The highest BCUT2D eigenvalue weighted by Gasteiger charge is 2.25. The average Bonchev–Trinajstić information content (AvgIpc) is 3.49. The Morgan fingerprint density at radius 2 is 1.94 bits per heavy atom. The Hall–Kier alpha value is -3.79. The van der Waals surface area contributed by atoms with Crippen LogP contribution in [0.15, 0.2) is 47.7 Å². The van der Waals surface area contributed by atoms with Crippen molar-refractivity contribution in [1.29, 1.82) is 0 Å². The molecule has 1 aliphatic rings. The highest BCUT2D eigenvalue weighted by Crippen LogP contribution is 2.39. The molecule has 1 aliphatic heterocycles. The molecule has 2 N–H and O–H groups in total. The van der Waals surface area contributed by atoms with Gasteiger partial charge in [0.25, 0.3) is 11.5 Å². The third-order valence-corrected chi connectivity index (χ3v) is 7.06. The first-order valence-corrected chi connectivity index (χ1v) is 11.0. The van der Waals surface area contributed by atoms with E-state index in [9.17, 15) is 14.0 Å². The molecule has 1 amide bonds. The monoisotopic (exact) mass is 448 g/mol. The number of H-pyrrole nitrogens is 2. The summed E-state index contributed by atoms with van der Waals surface area (Å²) >= 11 is 1.52. The van der Waals surface area contributed by atoms with Crippen LogP contribution in [0.2, 0.25) is 0 Å². The lowest BCUT2D eigenvalue weighted by Crippen LogP contribution is -2.48. The van der Waals surface area contributed by atoms with E-state index in [1.54, 1.807) is 18.5 Å². The summed E-state index contributed by atoms with van der Waals surface area (Å²) in [7, 11) is 0. The topological polar surface area (TPSA) is 98.0 Å². The van der Waals surface area contributed by atoms with Gasteiger partial charge in [-0.1, -0.05) is 11.3 Å². The number of rotatable bonds is 2. The van der Waals surface area contributed by atoms with Crippen molar-refractivity contribution in [2.24, 2.45) is 0 Å². The zero-order valence-electron chi connectivity index (χ0n) is 16.8. The molecule has 8 nitrogen and oxygen atoms in total. The second-order valence-corrected chi connectivity index (χ2v) is 8.70. The molecule has 3 aromatic heterocycles. The number of pyridine rings is 1. The van der Waals surface area contributed by atoms with Gasteiger partial charge in [-0.05, 0) is 24.3 Å². The molecule has 0 unspecified atom stereocenters. The zero-order chi connectivity index (χ0) is 21.8. The van der Waals surface area contributed by atoms with Crippen LogP contribution in [0.3, 0.4) is 0 Å². The molecule has 4 heterocycles. The molecule has 32 heavy (non-hydrogen) atoms. The van der Waals surface area contributed by atoms with Gasteiger partial charge in [-0.2, -0.15) is 5.10 Å². The van der Waals surface area contributed by atoms with Crippen molar-refractivity contribution < 1.29 is 9.18 Å². The number of anilines is 1. The van der Waals surface area contributed by atoms with Crippen LogP contribution in [-0.4, -0.2) is 57.2 Å². The van der Waals surface area contributed by atoms with Crippen molar-refractivity contribution >= 4 is 54.1 Å². The number of fused-ring (bicyclic) bond motifs is 6. The van der Waals surface area contributed by atoms with Crippen molar-refractivity contribution in [1.82, 2.24) is 25.1 Å². The smallest absolute Gasteiger partial charge is 0.257 e. The normalized spacial score (nSPS) is 14.7. The Bertz CT molecular complexity index is 1550. The number of benzene rings is 2. The Labute approximate surface area is 184 Å². The summed E-state index contributed by atoms with van der Waals surface area (Å²) in [6.07, 6.45) is 4.74. The average molecular weight is 448 g/mol. The maximum absolute atomic E-state index is 14.0. The first-order valence-electron chi connectivity index (χ1n) is 10.2. The molecule has 5 aromatic rings.